The fourth-order valence-corrected chi connectivity index (χ4v) is 3.41. The van der Waals surface area contributed by atoms with Crippen LogP contribution in [0.25, 0.3) is 10.9 Å². The number of rotatable bonds is 8. The number of fused-ring (bicyclic) bond motifs is 1. The van der Waals surface area contributed by atoms with Gasteiger partial charge in [-0.3, -0.25) is 19.7 Å². The Morgan fingerprint density at radius 1 is 1.43 bits per heavy atom. The fourth-order valence-electron chi connectivity index (χ4n) is 3.41. The topological polar surface area (TPSA) is 143 Å². The van der Waals surface area contributed by atoms with Crippen molar-refractivity contribution < 1.29 is 24.0 Å². The largest absolute Gasteiger partial charge is 0.463 e. The molecule has 10 nitrogen and oxygen atoms in total. The Labute approximate surface area is 171 Å². The van der Waals surface area contributed by atoms with Crippen molar-refractivity contribution in [3.8, 4) is 0 Å². The Bertz CT molecular complexity index is 1010. The predicted molar refractivity (Wildman–Crippen MR) is 108 cm³/mol. The SMILES string of the molecule is CCOC(=O)/C=C/C(CC1CCNC1=O)NC(=O)c1cc2cccc([N+](=O)[O-])c2[nH]1. The molecule has 2 amide bonds. The summed E-state index contributed by atoms with van der Waals surface area (Å²) in [5, 5.41) is 17.2. The number of carbonyl (C=O) groups excluding carboxylic acids is 3. The number of hydrogen-bond acceptors (Lipinski definition) is 6. The number of nitro benzene ring substituents is 1. The first-order valence-corrected chi connectivity index (χ1v) is 9.58. The number of para-hydroxylation sites is 1. The second-order valence-electron chi connectivity index (χ2n) is 6.88. The number of nitrogens with one attached hydrogen (secondary N) is 3. The quantitative estimate of drug-likeness (QED) is 0.260. The minimum atomic E-state index is -0.600. The summed E-state index contributed by atoms with van der Waals surface area (Å²) >= 11 is 0. The number of hydrogen-bond donors (Lipinski definition) is 3. The van der Waals surface area contributed by atoms with Gasteiger partial charge >= 0.3 is 5.97 Å². The molecule has 3 N–H and O–H groups in total. The van der Waals surface area contributed by atoms with Gasteiger partial charge in [-0.15, -0.1) is 0 Å². The van der Waals surface area contributed by atoms with Gasteiger partial charge in [0.05, 0.1) is 11.5 Å². The van der Waals surface area contributed by atoms with Gasteiger partial charge in [0.25, 0.3) is 11.6 Å². The van der Waals surface area contributed by atoms with Crippen LogP contribution in [-0.2, 0) is 14.3 Å². The number of nitrogens with zero attached hydrogens (tertiary/aromatic N) is 1. The molecule has 1 saturated heterocycles. The molecule has 0 spiro atoms. The van der Waals surface area contributed by atoms with Gasteiger partial charge < -0.3 is 20.4 Å². The summed E-state index contributed by atoms with van der Waals surface area (Å²) in [4.78, 5) is 49.8. The number of ether oxygens (including phenoxy) is 1. The maximum Gasteiger partial charge on any atom is 0.330 e. The standard InChI is InChI=1S/C20H22N4O6/c1-2-30-17(25)7-6-14(10-13-8-9-21-19(13)26)22-20(27)15-11-12-4-3-5-16(24(28)29)18(12)23-15/h3-7,11,13-14,23H,2,8-10H2,1H3,(H,21,26)(H,22,27)/b7-6+. The van der Waals surface area contributed by atoms with Crippen LogP contribution in [0.4, 0.5) is 5.69 Å². The van der Waals surface area contributed by atoms with Crippen LogP contribution in [0.3, 0.4) is 0 Å². The van der Waals surface area contributed by atoms with Crippen LogP contribution in [0.2, 0.25) is 0 Å². The van der Waals surface area contributed by atoms with E-state index in [0.29, 0.717) is 24.8 Å². The first kappa shape index (κ1) is 21.0. The van der Waals surface area contributed by atoms with Gasteiger partial charge in [-0.1, -0.05) is 18.2 Å². The van der Waals surface area contributed by atoms with E-state index in [1.807, 2.05) is 0 Å². The van der Waals surface area contributed by atoms with Gasteiger partial charge in [-0.25, -0.2) is 4.79 Å². The molecule has 0 saturated carbocycles. The lowest BCUT2D eigenvalue weighted by Crippen LogP contribution is -2.36. The molecule has 1 aromatic heterocycles. The zero-order chi connectivity index (χ0) is 21.7. The van der Waals surface area contributed by atoms with Gasteiger partial charge in [0.15, 0.2) is 0 Å². The molecule has 1 aliphatic rings. The Hall–Kier alpha value is -3.69. The highest BCUT2D eigenvalue weighted by Crippen LogP contribution is 2.25. The average Bonchev–Trinajstić information content (AvgIpc) is 3.32. The van der Waals surface area contributed by atoms with Crippen LogP contribution >= 0.6 is 0 Å². The molecule has 10 heteroatoms. The summed E-state index contributed by atoms with van der Waals surface area (Å²) in [7, 11) is 0. The minimum absolute atomic E-state index is 0.0972. The molecule has 30 heavy (non-hydrogen) atoms. The van der Waals surface area contributed by atoms with Gasteiger partial charge in [0.2, 0.25) is 5.91 Å². The van der Waals surface area contributed by atoms with Gasteiger partial charge in [0, 0.05) is 36.0 Å². The molecular formula is C20H22N4O6. The van der Waals surface area contributed by atoms with Crippen LogP contribution in [0.15, 0.2) is 36.4 Å². The van der Waals surface area contributed by atoms with E-state index >= 15 is 0 Å². The number of H-pyrrole nitrogens is 1. The summed E-state index contributed by atoms with van der Waals surface area (Å²) in [6.45, 7) is 2.47. The third kappa shape index (κ3) is 4.83. The normalized spacial score (nSPS) is 17.1. The van der Waals surface area contributed by atoms with Crippen LogP contribution in [0.1, 0.15) is 30.3 Å². The third-order valence-corrected chi connectivity index (χ3v) is 4.84. The Balaban J connectivity index is 1.80. The number of esters is 1. The molecule has 2 unspecified atom stereocenters. The number of aromatic amines is 1. The molecule has 1 aliphatic heterocycles. The Morgan fingerprint density at radius 3 is 2.90 bits per heavy atom. The van der Waals surface area contributed by atoms with E-state index in [-0.39, 0.29) is 35.3 Å². The maximum atomic E-state index is 12.8. The molecule has 0 bridgehead atoms. The number of amides is 2. The highest BCUT2D eigenvalue weighted by Gasteiger charge is 2.27. The third-order valence-electron chi connectivity index (χ3n) is 4.84. The highest BCUT2D eigenvalue weighted by molar-refractivity contribution is 6.00. The molecule has 3 rings (SSSR count). The Morgan fingerprint density at radius 2 is 2.23 bits per heavy atom. The van der Waals surface area contributed by atoms with E-state index in [0.717, 1.165) is 0 Å². The summed E-state index contributed by atoms with van der Waals surface area (Å²) in [5.41, 5.74) is 0.263. The predicted octanol–water partition coefficient (Wildman–Crippen LogP) is 1.82. The maximum absolute atomic E-state index is 12.8. The van der Waals surface area contributed by atoms with Crippen LogP contribution in [0.5, 0.6) is 0 Å². The fraction of sp³-hybridized carbons (Fsp3) is 0.350. The van der Waals surface area contributed by atoms with Crippen molar-refractivity contribution >= 4 is 34.4 Å². The average molecular weight is 414 g/mol. The molecular weight excluding hydrogens is 392 g/mol. The molecule has 158 valence electrons. The minimum Gasteiger partial charge on any atom is -0.463 e. The highest BCUT2D eigenvalue weighted by atomic mass is 16.6. The Kier molecular flexibility index (Phi) is 6.45. The smallest absolute Gasteiger partial charge is 0.330 e. The van der Waals surface area contributed by atoms with E-state index < -0.39 is 22.8 Å². The number of aromatic nitrogens is 1. The summed E-state index contributed by atoms with van der Waals surface area (Å²) in [6, 6.07) is 5.48. The number of nitro groups is 1. The molecule has 0 aliphatic carbocycles. The van der Waals surface area contributed by atoms with E-state index in [1.165, 1.54) is 24.3 Å². The van der Waals surface area contributed by atoms with Gasteiger partial charge in [-0.2, -0.15) is 0 Å². The van der Waals surface area contributed by atoms with Crippen molar-refractivity contribution in [2.75, 3.05) is 13.2 Å². The van der Waals surface area contributed by atoms with Gasteiger partial charge in [-0.05, 0) is 25.8 Å². The van der Waals surface area contributed by atoms with Crippen molar-refractivity contribution in [3.05, 3.63) is 52.2 Å². The number of non-ortho nitro benzene ring substituents is 1. The van der Waals surface area contributed by atoms with E-state index in [1.54, 1.807) is 19.1 Å². The number of benzene rings is 1. The van der Waals surface area contributed by atoms with E-state index in [4.69, 9.17) is 4.74 Å². The molecule has 1 fully saturated rings. The van der Waals surface area contributed by atoms with E-state index in [2.05, 4.69) is 15.6 Å². The molecule has 1 aromatic carbocycles. The van der Waals surface area contributed by atoms with Crippen LogP contribution in [-0.4, -0.2) is 46.9 Å². The van der Waals surface area contributed by atoms with Crippen LogP contribution in [0, 0.1) is 16.0 Å². The van der Waals surface area contributed by atoms with Gasteiger partial charge in [0.1, 0.15) is 11.2 Å². The molecule has 2 aromatic rings. The molecule has 2 heterocycles. The summed E-state index contributed by atoms with van der Waals surface area (Å²) in [5.74, 6) is -1.43. The summed E-state index contributed by atoms with van der Waals surface area (Å²) < 4.78 is 4.86. The lowest BCUT2D eigenvalue weighted by Gasteiger charge is -2.17. The van der Waals surface area contributed by atoms with Crippen molar-refractivity contribution in [3.63, 3.8) is 0 Å². The lowest BCUT2D eigenvalue weighted by atomic mass is 9.98. The van der Waals surface area contributed by atoms with Crippen LogP contribution < -0.4 is 10.6 Å². The monoisotopic (exact) mass is 414 g/mol. The van der Waals surface area contributed by atoms with Crippen molar-refractivity contribution in [1.82, 2.24) is 15.6 Å². The number of carbonyl (C=O) groups is 3. The van der Waals surface area contributed by atoms with Crippen molar-refractivity contribution in [2.24, 2.45) is 5.92 Å². The molecule has 2 atom stereocenters. The zero-order valence-electron chi connectivity index (χ0n) is 16.3. The van der Waals surface area contributed by atoms with Crippen molar-refractivity contribution in [2.45, 2.75) is 25.8 Å². The van der Waals surface area contributed by atoms with Crippen molar-refractivity contribution in [1.29, 1.82) is 0 Å². The zero-order valence-corrected chi connectivity index (χ0v) is 16.3. The van der Waals surface area contributed by atoms with E-state index in [9.17, 15) is 24.5 Å². The first-order valence-electron chi connectivity index (χ1n) is 9.58. The molecule has 0 radical (unpaired) electrons. The lowest BCUT2D eigenvalue weighted by molar-refractivity contribution is -0.383. The second kappa shape index (κ2) is 9.21. The first-order chi connectivity index (χ1) is 14.4. The second-order valence-corrected chi connectivity index (χ2v) is 6.88. The summed E-state index contributed by atoms with van der Waals surface area (Å²) in [6.07, 6.45) is 3.66.